The van der Waals surface area contributed by atoms with Crippen LogP contribution in [0.25, 0.3) is 21.5 Å². The average molecular weight is 373 g/mol. The van der Waals surface area contributed by atoms with E-state index in [1.54, 1.807) is 36.5 Å². The molecule has 0 bridgehead atoms. The van der Waals surface area contributed by atoms with Crippen molar-refractivity contribution in [3.05, 3.63) is 30.4 Å². The molecule has 0 unspecified atom stereocenters. The number of anilines is 1. The number of hydrogen-bond donors (Lipinski definition) is 1. The lowest BCUT2D eigenvalue weighted by molar-refractivity contribution is 0.218. The number of thiophene rings is 1. The molecule has 0 saturated heterocycles. The third kappa shape index (κ3) is 3.23. The standard InChI is InChI=1S/C18H20N4OS2/c1-23-5-6-24-18-16(19)15-13(11-3-2-4-11)7-14(22-17(15)25-18)12-8-20-10-21-9-12/h7-11H,2-6,19H2,1H3. The van der Waals surface area contributed by atoms with Gasteiger partial charge in [-0.05, 0) is 30.4 Å². The molecule has 130 valence electrons. The van der Waals surface area contributed by atoms with Crippen LogP contribution < -0.4 is 5.73 Å². The summed E-state index contributed by atoms with van der Waals surface area (Å²) in [5.74, 6) is 1.48. The molecule has 1 aliphatic carbocycles. The van der Waals surface area contributed by atoms with Gasteiger partial charge in [0.15, 0.2) is 0 Å². The molecule has 0 aliphatic heterocycles. The third-order valence-corrected chi connectivity index (χ3v) is 6.97. The second kappa shape index (κ2) is 7.27. The maximum atomic E-state index is 6.51. The molecule has 1 saturated carbocycles. The van der Waals surface area contributed by atoms with Crippen molar-refractivity contribution >= 4 is 39.0 Å². The zero-order valence-corrected chi connectivity index (χ0v) is 15.7. The van der Waals surface area contributed by atoms with Crippen molar-refractivity contribution < 1.29 is 4.74 Å². The Bertz CT molecular complexity index is 878. The summed E-state index contributed by atoms with van der Waals surface area (Å²) < 4.78 is 6.30. The summed E-state index contributed by atoms with van der Waals surface area (Å²) in [6, 6.07) is 2.19. The van der Waals surface area contributed by atoms with Crippen molar-refractivity contribution in [2.45, 2.75) is 29.4 Å². The van der Waals surface area contributed by atoms with Gasteiger partial charge in [0.25, 0.3) is 0 Å². The van der Waals surface area contributed by atoms with Gasteiger partial charge in [0.1, 0.15) is 11.2 Å². The first-order valence-electron chi connectivity index (χ1n) is 8.38. The number of ether oxygens (including phenoxy) is 1. The maximum Gasteiger partial charge on any atom is 0.127 e. The van der Waals surface area contributed by atoms with E-state index in [1.165, 1.54) is 24.8 Å². The summed E-state index contributed by atoms with van der Waals surface area (Å²) in [5.41, 5.74) is 10.6. The zero-order chi connectivity index (χ0) is 17.2. The van der Waals surface area contributed by atoms with E-state index >= 15 is 0 Å². The summed E-state index contributed by atoms with van der Waals surface area (Å²) in [4.78, 5) is 14.1. The van der Waals surface area contributed by atoms with E-state index in [1.807, 2.05) is 12.4 Å². The number of nitrogens with zero attached hydrogens (tertiary/aromatic N) is 3. The third-order valence-electron chi connectivity index (χ3n) is 4.62. The zero-order valence-electron chi connectivity index (χ0n) is 14.1. The second-order valence-electron chi connectivity index (χ2n) is 6.18. The van der Waals surface area contributed by atoms with Gasteiger partial charge in [-0.25, -0.2) is 15.0 Å². The predicted octanol–water partition coefficient (Wildman–Crippen LogP) is 4.34. The lowest BCUT2D eigenvalue weighted by Crippen LogP contribution is -2.10. The smallest absolute Gasteiger partial charge is 0.127 e. The van der Waals surface area contributed by atoms with Crippen molar-refractivity contribution in [2.75, 3.05) is 25.2 Å². The Balaban J connectivity index is 1.82. The molecule has 0 amide bonds. The van der Waals surface area contributed by atoms with Gasteiger partial charge in [-0.2, -0.15) is 0 Å². The van der Waals surface area contributed by atoms with Gasteiger partial charge in [0.2, 0.25) is 0 Å². The first-order valence-corrected chi connectivity index (χ1v) is 10.2. The quantitative estimate of drug-likeness (QED) is 0.512. The molecule has 2 N–H and O–H groups in total. The Morgan fingerprint density at radius 2 is 2.12 bits per heavy atom. The lowest BCUT2D eigenvalue weighted by Gasteiger charge is -2.27. The molecule has 1 fully saturated rings. The minimum atomic E-state index is 0.586. The number of thioether (sulfide) groups is 1. The SMILES string of the molecule is COCCSc1sc2nc(-c3cncnc3)cc(C3CCC3)c2c1N. The van der Waals surface area contributed by atoms with E-state index in [2.05, 4.69) is 16.0 Å². The van der Waals surface area contributed by atoms with Gasteiger partial charge in [0, 0.05) is 36.2 Å². The Labute approximate surface area is 155 Å². The van der Waals surface area contributed by atoms with Crippen LogP contribution >= 0.6 is 23.1 Å². The first-order chi connectivity index (χ1) is 12.3. The average Bonchev–Trinajstić information content (AvgIpc) is 2.91. The van der Waals surface area contributed by atoms with Crippen molar-refractivity contribution in [1.82, 2.24) is 15.0 Å². The molecule has 1 aliphatic rings. The van der Waals surface area contributed by atoms with Crippen LogP contribution in [0.15, 0.2) is 29.0 Å². The molecule has 0 radical (unpaired) electrons. The molecule has 25 heavy (non-hydrogen) atoms. The molecule has 3 aromatic rings. The maximum absolute atomic E-state index is 6.51. The van der Waals surface area contributed by atoms with Crippen LogP contribution in [0.2, 0.25) is 0 Å². The molecule has 3 heterocycles. The molecular weight excluding hydrogens is 352 g/mol. The van der Waals surface area contributed by atoms with Gasteiger partial charge < -0.3 is 10.5 Å². The topological polar surface area (TPSA) is 73.9 Å². The van der Waals surface area contributed by atoms with E-state index in [0.717, 1.165) is 37.1 Å². The van der Waals surface area contributed by atoms with Crippen LogP contribution in [0.1, 0.15) is 30.7 Å². The summed E-state index contributed by atoms with van der Waals surface area (Å²) in [5, 5.41) is 1.15. The number of hydrogen-bond acceptors (Lipinski definition) is 7. The Morgan fingerprint density at radius 3 is 2.80 bits per heavy atom. The van der Waals surface area contributed by atoms with Crippen LogP contribution in [0.3, 0.4) is 0 Å². The van der Waals surface area contributed by atoms with Crippen molar-refractivity contribution in [3.63, 3.8) is 0 Å². The van der Waals surface area contributed by atoms with Gasteiger partial charge in [0.05, 0.1) is 22.2 Å². The summed E-state index contributed by atoms with van der Waals surface area (Å²) in [7, 11) is 1.72. The van der Waals surface area contributed by atoms with E-state index in [0.29, 0.717) is 12.5 Å². The highest BCUT2D eigenvalue weighted by atomic mass is 32.2. The van der Waals surface area contributed by atoms with Crippen LogP contribution in [0, 0.1) is 0 Å². The fraction of sp³-hybridized carbons (Fsp3) is 0.389. The van der Waals surface area contributed by atoms with Crippen molar-refractivity contribution in [3.8, 4) is 11.3 Å². The van der Waals surface area contributed by atoms with E-state index < -0.39 is 0 Å². The molecule has 0 spiro atoms. The Kier molecular flexibility index (Phi) is 4.87. The van der Waals surface area contributed by atoms with E-state index in [-0.39, 0.29) is 0 Å². The van der Waals surface area contributed by atoms with Crippen LogP contribution in [0.5, 0.6) is 0 Å². The minimum absolute atomic E-state index is 0.586. The predicted molar refractivity (Wildman–Crippen MR) is 104 cm³/mol. The summed E-state index contributed by atoms with van der Waals surface area (Å²) >= 11 is 3.43. The number of nitrogens with two attached hydrogens (primary N) is 1. The lowest BCUT2D eigenvalue weighted by atomic mass is 9.79. The second-order valence-corrected chi connectivity index (χ2v) is 8.54. The number of nitrogen functional groups attached to an aromatic ring is 1. The molecular formula is C18H20N4OS2. The largest absolute Gasteiger partial charge is 0.397 e. The fourth-order valence-electron chi connectivity index (χ4n) is 3.08. The van der Waals surface area contributed by atoms with Crippen LogP contribution in [-0.4, -0.2) is 34.4 Å². The number of methoxy groups -OCH3 is 1. The monoisotopic (exact) mass is 372 g/mol. The van der Waals surface area contributed by atoms with Gasteiger partial charge in [-0.1, -0.05) is 6.42 Å². The van der Waals surface area contributed by atoms with Gasteiger partial charge in [-0.15, -0.1) is 23.1 Å². The van der Waals surface area contributed by atoms with Gasteiger partial charge in [-0.3, -0.25) is 0 Å². The highest BCUT2D eigenvalue weighted by molar-refractivity contribution is 8.01. The summed E-state index contributed by atoms with van der Waals surface area (Å²) in [6.07, 6.45) is 8.92. The molecule has 7 heteroatoms. The molecule has 0 atom stereocenters. The Hall–Kier alpha value is -1.70. The number of aromatic nitrogens is 3. The molecule has 5 nitrogen and oxygen atoms in total. The van der Waals surface area contributed by atoms with Crippen molar-refractivity contribution in [1.29, 1.82) is 0 Å². The molecule has 3 aromatic heterocycles. The van der Waals surface area contributed by atoms with Gasteiger partial charge >= 0.3 is 0 Å². The highest BCUT2D eigenvalue weighted by Gasteiger charge is 2.26. The number of pyridine rings is 1. The van der Waals surface area contributed by atoms with E-state index in [9.17, 15) is 0 Å². The van der Waals surface area contributed by atoms with Crippen molar-refractivity contribution in [2.24, 2.45) is 0 Å². The highest BCUT2D eigenvalue weighted by Crippen LogP contribution is 2.47. The normalized spacial score (nSPS) is 14.8. The summed E-state index contributed by atoms with van der Waals surface area (Å²) in [6.45, 7) is 0.716. The fourth-order valence-corrected chi connectivity index (χ4v) is 5.35. The molecule has 0 aromatic carbocycles. The van der Waals surface area contributed by atoms with Crippen LogP contribution in [0.4, 0.5) is 5.69 Å². The molecule has 4 rings (SSSR count). The Morgan fingerprint density at radius 1 is 1.32 bits per heavy atom. The minimum Gasteiger partial charge on any atom is -0.397 e. The van der Waals surface area contributed by atoms with Crippen LogP contribution in [-0.2, 0) is 4.74 Å². The first kappa shape index (κ1) is 16.8. The number of rotatable bonds is 6. The number of fused-ring (bicyclic) bond motifs is 1. The van der Waals surface area contributed by atoms with E-state index in [4.69, 9.17) is 15.5 Å².